The third kappa shape index (κ3) is 0.680. The Balaban J connectivity index is 2.30. The molecule has 0 unspecified atom stereocenters. The summed E-state index contributed by atoms with van der Waals surface area (Å²) in [7, 11) is 0. The Morgan fingerprint density at radius 3 is 3.00 bits per heavy atom. The Bertz CT molecular complexity index is 270. The van der Waals surface area contributed by atoms with Gasteiger partial charge in [0.15, 0.2) is 5.82 Å². The summed E-state index contributed by atoms with van der Waals surface area (Å²) in [6.07, 6.45) is 6.85. The van der Waals surface area contributed by atoms with E-state index in [2.05, 4.69) is 20.8 Å². The zero-order chi connectivity index (χ0) is 6.81. The van der Waals surface area contributed by atoms with Crippen LogP contribution in [0.3, 0.4) is 0 Å². The van der Waals surface area contributed by atoms with Crippen LogP contribution in [0.15, 0.2) is 24.7 Å². The molecule has 0 bridgehead atoms. The van der Waals surface area contributed by atoms with Gasteiger partial charge in [-0.15, -0.1) is 5.10 Å². The Kier molecular flexibility index (Phi) is 1.00. The van der Waals surface area contributed by atoms with Crippen LogP contribution in [0.2, 0.25) is 0 Å². The van der Waals surface area contributed by atoms with E-state index in [0.29, 0.717) is 0 Å². The van der Waals surface area contributed by atoms with E-state index in [9.17, 15) is 0 Å². The van der Waals surface area contributed by atoms with Crippen molar-refractivity contribution in [3.05, 3.63) is 24.7 Å². The molecule has 0 saturated heterocycles. The van der Waals surface area contributed by atoms with Gasteiger partial charge in [-0.1, -0.05) is 0 Å². The van der Waals surface area contributed by atoms with Gasteiger partial charge in [0, 0.05) is 6.20 Å². The van der Waals surface area contributed by atoms with Gasteiger partial charge in [-0.2, -0.15) is 4.68 Å². The van der Waals surface area contributed by atoms with Crippen molar-refractivity contribution in [2.24, 2.45) is 0 Å². The Labute approximate surface area is 57.0 Å². The van der Waals surface area contributed by atoms with E-state index in [0.717, 1.165) is 5.82 Å². The molecule has 1 aromatic rings. The molecule has 0 N–H and O–H groups in total. The van der Waals surface area contributed by atoms with Gasteiger partial charge in [0.25, 0.3) is 0 Å². The molecule has 0 fully saturated rings. The Morgan fingerprint density at radius 2 is 2.40 bits per heavy atom. The zero-order valence-electron chi connectivity index (χ0n) is 5.05. The predicted molar refractivity (Wildman–Crippen MR) is 33.4 cm³/mol. The van der Waals surface area contributed by atoms with Gasteiger partial charge in [0.05, 0.1) is 0 Å². The molecule has 10 heavy (non-hydrogen) atoms. The van der Waals surface area contributed by atoms with E-state index >= 15 is 0 Å². The number of hydrogen-bond acceptors (Lipinski definition) is 3. The first-order chi connectivity index (χ1) is 4.97. The number of aromatic nitrogens is 4. The molecule has 1 radical (unpaired) electrons. The molecule has 1 aliphatic rings. The molecular formula is C5H4N5. The number of tetrazole rings is 1. The van der Waals surface area contributed by atoms with Crippen LogP contribution >= 0.6 is 0 Å². The molecule has 0 atom stereocenters. The van der Waals surface area contributed by atoms with Crippen molar-refractivity contribution in [3.8, 4) is 0 Å². The maximum atomic E-state index is 3.98. The summed E-state index contributed by atoms with van der Waals surface area (Å²) in [5.74, 6) is 0.741. The third-order valence-corrected chi connectivity index (χ3v) is 1.12. The average molecular weight is 134 g/mol. The van der Waals surface area contributed by atoms with Crippen LogP contribution in [0.4, 0.5) is 0 Å². The first-order valence-corrected chi connectivity index (χ1v) is 2.78. The largest absolute Gasteiger partial charge is 0.237 e. The van der Waals surface area contributed by atoms with Gasteiger partial charge in [-0.3, -0.25) is 0 Å². The maximum absolute atomic E-state index is 3.98. The Morgan fingerprint density at radius 1 is 1.40 bits per heavy atom. The molecule has 0 spiro atoms. The summed E-state index contributed by atoms with van der Waals surface area (Å²) in [5, 5.41) is 14.6. The summed E-state index contributed by atoms with van der Waals surface area (Å²) in [4.78, 5) is 0. The fourth-order valence-corrected chi connectivity index (χ4v) is 0.693. The van der Waals surface area contributed by atoms with E-state index in [-0.39, 0.29) is 0 Å². The van der Waals surface area contributed by atoms with Crippen LogP contribution in [0.25, 0.3) is 5.82 Å². The lowest BCUT2D eigenvalue weighted by Crippen LogP contribution is -2.02. The average Bonchev–Trinajstić information content (AvgIpc) is 2.59. The van der Waals surface area contributed by atoms with Crippen molar-refractivity contribution in [2.75, 3.05) is 0 Å². The molecule has 5 nitrogen and oxygen atoms in total. The second-order valence-corrected chi connectivity index (χ2v) is 1.75. The smallest absolute Gasteiger partial charge is 0.156 e. The molecule has 2 rings (SSSR count). The van der Waals surface area contributed by atoms with E-state index in [1.807, 2.05) is 12.2 Å². The first-order valence-electron chi connectivity index (χ1n) is 2.78. The SMILES string of the molecule is C1=C[N]C(n2cnnn2)=C1. The van der Waals surface area contributed by atoms with Crippen molar-refractivity contribution in [2.45, 2.75) is 0 Å². The van der Waals surface area contributed by atoms with Crippen LogP contribution in [0.1, 0.15) is 0 Å². The quantitative estimate of drug-likeness (QED) is 0.525. The van der Waals surface area contributed by atoms with Crippen LogP contribution in [-0.4, -0.2) is 20.2 Å². The lowest BCUT2D eigenvalue weighted by atomic mass is 10.6. The number of rotatable bonds is 1. The van der Waals surface area contributed by atoms with Crippen molar-refractivity contribution in [1.82, 2.24) is 25.5 Å². The van der Waals surface area contributed by atoms with Crippen molar-refractivity contribution in [3.63, 3.8) is 0 Å². The highest BCUT2D eigenvalue weighted by atomic mass is 15.5. The number of nitrogens with zero attached hydrogens (tertiary/aromatic N) is 5. The highest BCUT2D eigenvalue weighted by molar-refractivity contribution is 5.49. The molecule has 2 heterocycles. The summed E-state index contributed by atoms with van der Waals surface area (Å²) >= 11 is 0. The molecule has 0 aromatic carbocycles. The fraction of sp³-hybridized carbons (Fsp3) is 0. The monoisotopic (exact) mass is 134 g/mol. The highest BCUT2D eigenvalue weighted by Gasteiger charge is 2.02. The van der Waals surface area contributed by atoms with Gasteiger partial charge < -0.3 is 0 Å². The second kappa shape index (κ2) is 1.94. The number of allylic oxidation sites excluding steroid dienone is 2. The first kappa shape index (κ1) is 5.16. The normalized spacial score (nSPS) is 15.0. The van der Waals surface area contributed by atoms with Crippen LogP contribution in [0, 0.1) is 0 Å². The van der Waals surface area contributed by atoms with Gasteiger partial charge in [0.2, 0.25) is 0 Å². The molecule has 1 aromatic heterocycles. The molecule has 1 aliphatic heterocycles. The molecule has 5 heteroatoms. The summed E-state index contributed by atoms with van der Waals surface area (Å²) in [6.45, 7) is 0. The minimum atomic E-state index is 0.741. The van der Waals surface area contributed by atoms with Gasteiger partial charge >= 0.3 is 0 Å². The standard InChI is InChI=1S/C5H4N5/c1-2-5(6-3-1)10-4-7-8-9-10/h1-4H. The minimum Gasteiger partial charge on any atom is -0.237 e. The highest BCUT2D eigenvalue weighted by Crippen LogP contribution is 2.03. The van der Waals surface area contributed by atoms with E-state index in [1.165, 1.54) is 11.0 Å². The fourth-order valence-electron chi connectivity index (χ4n) is 0.693. The molecular weight excluding hydrogens is 130 g/mol. The minimum absolute atomic E-state index is 0.741. The van der Waals surface area contributed by atoms with Gasteiger partial charge in [-0.05, 0) is 22.6 Å². The van der Waals surface area contributed by atoms with E-state index in [4.69, 9.17) is 0 Å². The molecule has 0 saturated carbocycles. The Hall–Kier alpha value is -1.65. The van der Waals surface area contributed by atoms with Crippen molar-refractivity contribution < 1.29 is 0 Å². The van der Waals surface area contributed by atoms with Gasteiger partial charge in [-0.25, -0.2) is 5.32 Å². The van der Waals surface area contributed by atoms with Crippen LogP contribution in [0.5, 0.6) is 0 Å². The van der Waals surface area contributed by atoms with Crippen molar-refractivity contribution >= 4 is 5.82 Å². The zero-order valence-corrected chi connectivity index (χ0v) is 5.05. The van der Waals surface area contributed by atoms with E-state index < -0.39 is 0 Å². The van der Waals surface area contributed by atoms with Crippen LogP contribution in [-0.2, 0) is 0 Å². The lowest BCUT2D eigenvalue weighted by molar-refractivity contribution is 0.778. The summed E-state index contributed by atoms with van der Waals surface area (Å²) < 4.78 is 1.50. The lowest BCUT2D eigenvalue weighted by Gasteiger charge is -1.94. The summed E-state index contributed by atoms with van der Waals surface area (Å²) in [6, 6.07) is 0. The van der Waals surface area contributed by atoms with E-state index in [1.54, 1.807) is 6.20 Å². The second-order valence-electron chi connectivity index (χ2n) is 1.75. The molecule has 49 valence electrons. The third-order valence-electron chi connectivity index (χ3n) is 1.12. The number of hydrogen-bond donors (Lipinski definition) is 0. The maximum Gasteiger partial charge on any atom is 0.156 e. The summed E-state index contributed by atoms with van der Waals surface area (Å²) in [5.41, 5.74) is 0. The van der Waals surface area contributed by atoms with Gasteiger partial charge in [0.1, 0.15) is 6.33 Å². The topological polar surface area (TPSA) is 57.7 Å². The predicted octanol–water partition coefficient (Wildman–Crippen LogP) is -0.397. The van der Waals surface area contributed by atoms with Crippen LogP contribution < -0.4 is 5.32 Å². The van der Waals surface area contributed by atoms with Crippen molar-refractivity contribution in [1.29, 1.82) is 0 Å². The molecule has 0 aliphatic carbocycles. The molecule has 0 amide bonds.